The molecule has 8 heteroatoms. The molecule has 0 spiro atoms. The fourth-order valence-corrected chi connectivity index (χ4v) is 3.59. The summed E-state index contributed by atoms with van der Waals surface area (Å²) in [6.45, 7) is 14.8. The molecule has 1 aromatic rings. The van der Waals surface area contributed by atoms with Gasteiger partial charge < -0.3 is 15.4 Å². The highest BCUT2D eigenvalue weighted by Crippen LogP contribution is 2.13. The Bertz CT molecular complexity index is 517. The summed E-state index contributed by atoms with van der Waals surface area (Å²) >= 11 is 1.70. The third-order valence-electron chi connectivity index (χ3n) is 4.17. The molecule has 2 heterocycles. The van der Waals surface area contributed by atoms with Crippen LogP contribution in [0.4, 0.5) is 0 Å². The number of aromatic nitrogens is 1. The summed E-state index contributed by atoms with van der Waals surface area (Å²) in [7, 11) is 0. The number of nitrogens with zero attached hydrogens (tertiary/aromatic N) is 3. The Morgan fingerprint density at radius 2 is 2.08 bits per heavy atom. The van der Waals surface area contributed by atoms with E-state index in [9.17, 15) is 0 Å². The molecule has 0 radical (unpaired) electrons. The normalized spacial score (nSPS) is 17.2. The second-order valence-corrected chi connectivity index (χ2v) is 7.70. The summed E-state index contributed by atoms with van der Waals surface area (Å²) in [5.41, 5.74) is 0. The smallest absolute Gasteiger partial charge is 0.191 e. The number of hydrogen-bond donors (Lipinski definition) is 2. The predicted octanol–water partition coefficient (Wildman–Crippen LogP) is 2.48. The van der Waals surface area contributed by atoms with E-state index in [-0.39, 0.29) is 24.0 Å². The average molecular weight is 481 g/mol. The van der Waals surface area contributed by atoms with Crippen LogP contribution in [0.25, 0.3) is 0 Å². The molecule has 0 aliphatic carbocycles. The molecule has 0 amide bonds. The monoisotopic (exact) mass is 481 g/mol. The quantitative estimate of drug-likeness (QED) is 0.356. The largest absolute Gasteiger partial charge is 0.379 e. The van der Waals surface area contributed by atoms with Gasteiger partial charge in [-0.05, 0) is 19.8 Å². The van der Waals surface area contributed by atoms with Crippen LogP contribution in [0.15, 0.2) is 11.2 Å². The van der Waals surface area contributed by atoms with Crippen molar-refractivity contribution in [2.75, 3.05) is 39.4 Å². The molecule has 1 fully saturated rings. The number of guanidine groups is 1. The zero-order chi connectivity index (χ0) is 17.4. The second kappa shape index (κ2) is 12.0. The molecule has 144 valence electrons. The number of aliphatic imine (C=N–C) groups is 1. The van der Waals surface area contributed by atoms with Gasteiger partial charge >= 0.3 is 0 Å². The minimum absolute atomic E-state index is 0. The van der Waals surface area contributed by atoms with Gasteiger partial charge in [0.1, 0.15) is 0 Å². The Morgan fingerprint density at radius 3 is 2.64 bits per heavy atom. The molecule has 0 aromatic carbocycles. The number of ether oxygens (including phenoxy) is 1. The van der Waals surface area contributed by atoms with E-state index in [1.165, 1.54) is 4.88 Å². The summed E-state index contributed by atoms with van der Waals surface area (Å²) in [4.78, 5) is 12.7. The lowest BCUT2D eigenvalue weighted by molar-refractivity contribution is 0.00752. The van der Waals surface area contributed by atoms with E-state index in [0.29, 0.717) is 18.5 Å². The van der Waals surface area contributed by atoms with Crippen molar-refractivity contribution in [2.24, 2.45) is 10.9 Å². The highest BCUT2D eigenvalue weighted by atomic mass is 127. The maximum Gasteiger partial charge on any atom is 0.191 e. The molecule has 25 heavy (non-hydrogen) atoms. The number of hydrogen-bond acceptors (Lipinski definition) is 5. The summed E-state index contributed by atoms with van der Waals surface area (Å²) < 4.78 is 5.48. The average Bonchev–Trinajstić information content (AvgIpc) is 2.99. The Balaban J connectivity index is 0.00000312. The first-order valence-electron chi connectivity index (χ1n) is 8.85. The van der Waals surface area contributed by atoms with E-state index in [2.05, 4.69) is 41.3 Å². The molecule has 1 atom stereocenters. The minimum Gasteiger partial charge on any atom is -0.379 e. The number of thiazole rings is 1. The molecule has 1 aliphatic heterocycles. The highest BCUT2D eigenvalue weighted by Gasteiger charge is 2.23. The Hall–Kier alpha value is -0.450. The zero-order valence-corrected chi connectivity index (χ0v) is 18.9. The van der Waals surface area contributed by atoms with Crippen molar-refractivity contribution in [3.8, 4) is 0 Å². The molecular formula is C17H32IN5OS. The molecule has 2 rings (SSSR count). The van der Waals surface area contributed by atoms with Gasteiger partial charge in [-0.1, -0.05) is 13.8 Å². The summed E-state index contributed by atoms with van der Waals surface area (Å²) in [6.07, 6.45) is 1.91. The summed E-state index contributed by atoms with van der Waals surface area (Å²) in [5, 5.41) is 7.94. The van der Waals surface area contributed by atoms with Crippen LogP contribution in [0.2, 0.25) is 0 Å². The standard InChI is InChI=1S/C17H31N5OS.HI/c1-5-18-17(20-11-15-10-19-14(4)24-15)21-12-16(13(2)3)22-6-8-23-9-7-22;/h10,13,16H,5-9,11-12H2,1-4H3,(H2,18,20,21);1H. The van der Waals surface area contributed by atoms with Gasteiger partial charge in [0.05, 0.1) is 24.8 Å². The topological polar surface area (TPSA) is 61.8 Å². The van der Waals surface area contributed by atoms with Gasteiger partial charge in [0.2, 0.25) is 0 Å². The number of aryl methyl sites for hydroxylation is 1. The van der Waals surface area contributed by atoms with Gasteiger partial charge in [-0.15, -0.1) is 35.3 Å². The number of halogens is 1. The number of morpholine rings is 1. The summed E-state index contributed by atoms with van der Waals surface area (Å²) in [5.74, 6) is 1.46. The predicted molar refractivity (Wildman–Crippen MR) is 116 cm³/mol. The van der Waals surface area contributed by atoms with Crippen LogP contribution in [0.5, 0.6) is 0 Å². The fraction of sp³-hybridized carbons (Fsp3) is 0.765. The van der Waals surface area contributed by atoms with E-state index >= 15 is 0 Å². The van der Waals surface area contributed by atoms with Crippen LogP contribution in [0.3, 0.4) is 0 Å². The lowest BCUT2D eigenvalue weighted by atomic mass is 10.0. The number of rotatable bonds is 7. The van der Waals surface area contributed by atoms with Crippen LogP contribution in [-0.2, 0) is 11.3 Å². The Morgan fingerprint density at radius 1 is 1.36 bits per heavy atom. The van der Waals surface area contributed by atoms with Gasteiger partial charge in [0, 0.05) is 43.3 Å². The molecule has 1 saturated heterocycles. The third-order valence-corrected chi connectivity index (χ3v) is 5.07. The van der Waals surface area contributed by atoms with E-state index in [4.69, 9.17) is 9.73 Å². The van der Waals surface area contributed by atoms with E-state index in [0.717, 1.165) is 50.4 Å². The maximum atomic E-state index is 5.48. The van der Waals surface area contributed by atoms with Crippen molar-refractivity contribution in [1.82, 2.24) is 20.5 Å². The first-order chi connectivity index (χ1) is 11.6. The lowest BCUT2D eigenvalue weighted by Gasteiger charge is -2.37. The molecule has 1 aliphatic rings. The van der Waals surface area contributed by atoms with Crippen LogP contribution in [0, 0.1) is 12.8 Å². The lowest BCUT2D eigenvalue weighted by Crippen LogP contribution is -2.52. The number of nitrogens with one attached hydrogen (secondary N) is 2. The Kier molecular flexibility index (Phi) is 10.9. The molecular weight excluding hydrogens is 449 g/mol. The molecule has 2 N–H and O–H groups in total. The van der Waals surface area contributed by atoms with Crippen LogP contribution in [-0.4, -0.2) is 61.3 Å². The van der Waals surface area contributed by atoms with Gasteiger partial charge in [-0.25, -0.2) is 9.98 Å². The van der Waals surface area contributed by atoms with Crippen molar-refractivity contribution in [3.05, 3.63) is 16.1 Å². The van der Waals surface area contributed by atoms with Gasteiger partial charge in [0.25, 0.3) is 0 Å². The van der Waals surface area contributed by atoms with Crippen molar-refractivity contribution in [2.45, 2.75) is 40.3 Å². The van der Waals surface area contributed by atoms with Crippen LogP contribution in [0.1, 0.15) is 30.7 Å². The first kappa shape index (κ1) is 22.6. The molecule has 1 aromatic heterocycles. The third kappa shape index (κ3) is 7.76. The SMILES string of the molecule is CCNC(=NCc1cnc(C)s1)NCC(C(C)C)N1CCOCC1.I. The molecule has 0 saturated carbocycles. The summed E-state index contributed by atoms with van der Waals surface area (Å²) in [6, 6.07) is 0.489. The van der Waals surface area contributed by atoms with Crippen molar-refractivity contribution in [1.29, 1.82) is 0 Å². The van der Waals surface area contributed by atoms with Crippen molar-refractivity contribution in [3.63, 3.8) is 0 Å². The Labute approximate surface area is 172 Å². The van der Waals surface area contributed by atoms with Crippen LogP contribution >= 0.6 is 35.3 Å². The van der Waals surface area contributed by atoms with E-state index in [1.54, 1.807) is 11.3 Å². The first-order valence-corrected chi connectivity index (χ1v) is 9.67. The van der Waals surface area contributed by atoms with Crippen molar-refractivity contribution >= 4 is 41.3 Å². The minimum atomic E-state index is 0. The molecule has 6 nitrogen and oxygen atoms in total. The highest BCUT2D eigenvalue weighted by molar-refractivity contribution is 14.0. The van der Waals surface area contributed by atoms with E-state index in [1.807, 2.05) is 13.1 Å². The van der Waals surface area contributed by atoms with Gasteiger partial charge in [0.15, 0.2) is 5.96 Å². The fourth-order valence-electron chi connectivity index (χ4n) is 2.87. The zero-order valence-electron chi connectivity index (χ0n) is 15.7. The molecule has 0 bridgehead atoms. The molecule has 1 unspecified atom stereocenters. The maximum absolute atomic E-state index is 5.48. The second-order valence-electron chi connectivity index (χ2n) is 6.38. The van der Waals surface area contributed by atoms with Crippen LogP contribution < -0.4 is 10.6 Å². The van der Waals surface area contributed by atoms with E-state index < -0.39 is 0 Å². The van der Waals surface area contributed by atoms with Gasteiger partial charge in [-0.2, -0.15) is 0 Å². The van der Waals surface area contributed by atoms with Gasteiger partial charge in [-0.3, -0.25) is 4.90 Å². The van der Waals surface area contributed by atoms with Crippen molar-refractivity contribution < 1.29 is 4.74 Å².